The Bertz CT molecular complexity index is 1100. The number of nitrogens with zero attached hydrogens (tertiary/aromatic N) is 4. The molecule has 1 saturated heterocycles. The van der Waals surface area contributed by atoms with Crippen molar-refractivity contribution in [2.45, 2.75) is 25.8 Å². The number of rotatable bonds is 5. The maximum atomic E-state index is 13.6. The largest absolute Gasteiger partial charge is 0.366 e. The monoisotopic (exact) mass is 434 g/mol. The summed E-state index contributed by atoms with van der Waals surface area (Å²) < 4.78 is 0. The molecule has 0 aliphatic carbocycles. The quantitative estimate of drug-likeness (QED) is 0.408. The van der Waals surface area contributed by atoms with Crippen LogP contribution in [0.1, 0.15) is 24.0 Å². The van der Waals surface area contributed by atoms with E-state index in [1.54, 1.807) is 18.2 Å². The van der Waals surface area contributed by atoms with Crippen molar-refractivity contribution in [1.82, 2.24) is 9.80 Å². The maximum absolute atomic E-state index is 13.6. The van der Waals surface area contributed by atoms with Gasteiger partial charge in [-0.2, -0.15) is 0 Å². The smallest absolute Gasteiger partial charge is 0.282 e. The van der Waals surface area contributed by atoms with E-state index in [0.29, 0.717) is 16.9 Å². The fraction of sp³-hybridized carbons (Fsp3) is 0.333. The van der Waals surface area contributed by atoms with Gasteiger partial charge in [0, 0.05) is 25.2 Å². The lowest BCUT2D eigenvalue weighted by molar-refractivity contribution is -0.384. The molecular formula is C24H26N4O4. The molecule has 0 atom stereocenters. The SMILES string of the molecule is Cc1cccc(N2C(=O)C(c3ccc([N+](=O)[O-])cc3)=C(N(C)C3CCN(C)CC3)C2=O)c1. The van der Waals surface area contributed by atoms with E-state index in [4.69, 9.17) is 0 Å². The Labute approximate surface area is 186 Å². The first-order chi connectivity index (χ1) is 15.3. The van der Waals surface area contributed by atoms with Gasteiger partial charge >= 0.3 is 0 Å². The normalized spacial score (nSPS) is 17.9. The lowest BCUT2D eigenvalue weighted by atomic mass is 10.00. The lowest BCUT2D eigenvalue weighted by Crippen LogP contribution is -2.43. The van der Waals surface area contributed by atoms with Gasteiger partial charge in [-0.05, 0) is 75.3 Å². The van der Waals surface area contributed by atoms with Gasteiger partial charge in [0.2, 0.25) is 0 Å². The zero-order valence-corrected chi connectivity index (χ0v) is 18.4. The van der Waals surface area contributed by atoms with Crippen LogP contribution in [0.15, 0.2) is 54.2 Å². The van der Waals surface area contributed by atoms with Crippen LogP contribution in [0.2, 0.25) is 0 Å². The summed E-state index contributed by atoms with van der Waals surface area (Å²) in [5.41, 5.74) is 2.53. The van der Waals surface area contributed by atoms with E-state index in [0.717, 1.165) is 31.5 Å². The van der Waals surface area contributed by atoms with E-state index >= 15 is 0 Å². The Morgan fingerprint density at radius 1 is 1.03 bits per heavy atom. The minimum atomic E-state index is -0.482. The van der Waals surface area contributed by atoms with E-state index in [9.17, 15) is 19.7 Å². The lowest BCUT2D eigenvalue weighted by Gasteiger charge is -2.36. The average molecular weight is 434 g/mol. The summed E-state index contributed by atoms with van der Waals surface area (Å²) in [5, 5.41) is 11.1. The van der Waals surface area contributed by atoms with Gasteiger partial charge < -0.3 is 9.80 Å². The topological polar surface area (TPSA) is 87.0 Å². The highest BCUT2D eigenvalue weighted by molar-refractivity contribution is 6.45. The van der Waals surface area contributed by atoms with Gasteiger partial charge in [0.15, 0.2) is 0 Å². The van der Waals surface area contributed by atoms with Crippen LogP contribution in [0.5, 0.6) is 0 Å². The number of nitro benzene ring substituents is 1. The summed E-state index contributed by atoms with van der Waals surface area (Å²) in [6.45, 7) is 3.74. The third kappa shape index (κ3) is 3.89. The number of non-ortho nitro benzene ring substituents is 1. The van der Waals surface area contributed by atoms with Gasteiger partial charge in [-0.1, -0.05) is 12.1 Å². The van der Waals surface area contributed by atoms with E-state index in [1.807, 2.05) is 37.1 Å². The van der Waals surface area contributed by atoms with Gasteiger partial charge in [-0.3, -0.25) is 19.7 Å². The molecule has 2 aromatic rings. The first-order valence-corrected chi connectivity index (χ1v) is 10.6. The molecule has 0 aromatic heterocycles. The standard InChI is InChI=1S/C24H26N4O4/c1-16-5-4-6-20(15-16)27-23(29)21(17-7-9-19(10-8-17)28(31)32)22(24(27)30)26(3)18-11-13-25(2)14-12-18/h4-10,15,18H,11-14H2,1-3H3. The molecule has 4 rings (SSSR count). The first-order valence-electron chi connectivity index (χ1n) is 10.6. The van der Waals surface area contributed by atoms with Crippen molar-refractivity contribution >= 4 is 28.8 Å². The minimum absolute atomic E-state index is 0.0631. The van der Waals surface area contributed by atoms with Crippen LogP contribution in [0, 0.1) is 17.0 Å². The van der Waals surface area contributed by atoms with Crippen molar-refractivity contribution in [3.05, 3.63) is 75.5 Å². The van der Waals surface area contributed by atoms with Crippen LogP contribution in [-0.2, 0) is 9.59 Å². The molecule has 8 nitrogen and oxygen atoms in total. The second-order valence-corrected chi connectivity index (χ2v) is 8.46. The molecule has 2 amide bonds. The zero-order valence-electron chi connectivity index (χ0n) is 18.4. The van der Waals surface area contributed by atoms with Gasteiger partial charge in [-0.15, -0.1) is 0 Å². The van der Waals surface area contributed by atoms with Crippen molar-refractivity contribution in [2.75, 3.05) is 32.1 Å². The number of carbonyl (C=O) groups excluding carboxylic acids is 2. The molecule has 0 unspecified atom stereocenters. The Morgan fingerprint density at radius 3 is 2.28 bits per heavy atom. The summed E-state index contributed by atoms with van der Waals surface area (Å²) in [4.78, 5) is 43.2. The first kappa shape index (κ1) is 21.7. The Balaban J connectivity index is 1.79. The molecule has 0 bridgehead atoms. The number of piperidine rings is 1. The summed E-state index contributed by atoms with van der Waals surface area (Å²) >= 11 is 0. The summed E-state index contributed by atoms with van der Waals surface area (Å²) in [6.07, 6.45) is 1.77. The Morgan fingerprint density at radius 2 is 1.69 bits per heavy atom. The van der Waals surface area contributed by atoms with Gasteiger partial charge in [0.25, 0.3) is 17.5 Å². The van der Waals surface area contributed by atoms with E-state index < -0.39 is 10.8 Å². The molecule has 2 heterocycles. The highest BCUT2D eigenvalue weighted by Crippen LogP contribution is 2.36. The van der Waals surface area contributed by atoms with Gasteiger partial charge in [0.05, 0.1) is 16.2 Å². The predicted molar refractivity (Wildman–Crippen MR) is 122 cm³/mol. The molecule has 2 aromatic carbocycles. The summed E-state index contributed by atoms with van der Waals surface area (Å²) in [7, 11) is 3.93. The average Bonchev–Trinajstić information content (AvgIpc) is 3.03. The number of nitro groups is 1. The molecule has 0 radical (unpaired) electrons. The Hall–Kier alpha value is -3.52. The van der Waals surface area contributed by atoms with Crippen LogP contribution in [0.25, 0.3) is 5.57 Å². The van der Waals surface area contributed by atoms with Crippen LogP contribution >= 0.6 is 0 Å². The van der Waals surface area contributed by atoms with Crippen LogP contribution in [-0.4, -0.2) is 59.8 Å². The van der Waals surface area contributed by atoms with Crippen molar-refractivity contribution in [3.8, 4) is 0 Å². The molecular weight excluding hydrogens is 408 g/mol. The van der Waals surface area contributed by atoms with E-state index in [1.165, 1.54) is 17.0 Å². The molecule has 8 heteroatoms. The molecule has 32 heavy (non-hydrogen) atoms. The van der Waals surface area contributed by atoms with Gasteiger partial charge in [-0.25, -0.2) is 4.90 Å². The maximum Gasteiger partial charge on any atom is 0.282 e. The zero-order chi connectivity index (χ0) is 23.0. The van der Waals surface area contributed by atoms with Crippen LogP contribution in [0.4, 0.5) is 11.4 Å². The number of anilines is 1. The molecule has 1 fully saturated rings. The molecule has 0 spiro atoms. The third-order valence-electron chi connectivity index (χ3n) is 6.27. The van der Waals surface area contributed by atoms with Crippen molar-refractivity contribution in [1.29, 1.82) is 0 Å². The second-order valence-electron chi connectivity index (χ2n) is 8.46. The minimum Gasteiger partial charge on any atom is -0.366 e. The number of likely N-dealkylation sites (tertiary alicyclic amines) is 1. The molecule has 2 aliphatic heterocycles. The highest BCUT2D eigenvalue weighted by atomic mass is 16.6. The fourth-order valence-electron chi connectivity index (χ4n) is 4.42. The Kier molecular flexibility index (Phi) is 5.80. The number of amides is 2. The van der Waals surface area contributed by atoms with Crippen molar-refractivity contribution in [3.63, 3.8) is 0 Å². The molecule has 0 saturated carbocycles. The third-order valence-corrected chi connectivity index (χ3v) is 6.27. The molecule has 166 valence electrons. The number of hydrogen-bond donors (Lipinski definition) is 0. The number of imide groups is 1. The fourth-order valence-corrected chi connectivity index (χ4v) is 4.42. The number of likely N-dealkylation sites (N-methyl/N-ethyl adjacent to an activating group) is 1. The highest BCUT2D eigenvalue weighted by Gasteiger charge is 2.43. The predicted octanol–water partition coefficient (Wildman–Crippen LogP) is 3.21. The van der Waals surface area contributed by atoms with Gasteiger partial charge in [0.1, 0.15) is 5.70 Å². The molecule has 2 aliphatic rings. The number of hydrogen-bond acceptors (Lipinski definition) is 6. The van der Waals surface area contributed by atoms with Crippen molar-refractivity contribution in [2.24, 2.45) is 0 Å². The molecule has 0 N–H and O–H groups in total. The number of aryl methyl sites for hydroxylation is 1. The summed E-state index contributed by atoms with van der Waals surface area (Å²) in [6, 6.07) is 13.2. The summed E-state index contributed by atoms with van der Waals surface area (Å²) in [5.74, 6) is -0.778. The van der Waals surface area contributed by atoms with Crippen LogP contribution < -0.4 is 4.90 Å². The van der Waals surface area contributed by atoms with E-state index in [-0.39, 0.29) is 23.2 Å². The van der Waals surface area contributed by atoms with Crippen LogP contribution in [0.3, 0.4) is 0 Å². The second kappa shape index (κ2) is 8.55. The van der Waals surface area contributed by atoms with Crippen molar-refractivity contribution < 1.29 is 14.5 Å². The van der Waals surface area contributed by atoms with E-state index in [2.05, 4.69) is 11.9 Å². The number of carbonyl (C=O) groups is 2. The number of benzene rings is 2.